The highest BCUT2D eigenvalue weighted by Crippen LogP contribution is 2.17. The van der Waals surface area contributed by atoms with E-state index in [1.165, 1.54) is 13.2 Å². The Kier molecular flexibility index (Phi) is 4.17. The molecule has 0 fully saturated rings. The Labute approximate surface area is 96.3 Å². The maximum atomic E-state index is 13.2. The number of nitrogens with zero attached hydrogens (tertiary/aromatic N) is 1. The van der Waals surface area contributed by atoms with Crippen LogP contribution in [0.1, 0.15) is 12.0 Å². The van der Waals surface area contributed by atoms with Crippen LogP contribution >= 0.6 is 0 Å². The van der Waals surface area contributed by atoms with Crippen LogP contribution < -0.4 is 0 Å². The molecule has 88 valence electrons. The van der Waals surface area contributed by atoms with Crippen molar-refractivity contribution < 1.29 is 18.8 Å². The van der Waals surface area contributed by atoms with Crippen molar-refractivity contribution in [2.24, 2.45) is 0 Å². The minimum atomic E-state index is -0.958. The van der Waals surface area contributed by atoms with E-state index in [2.05, 4.69) is 16.6 Å². The van der Waals surface area contributed by atoms with Crippen LogP contribution in [0.15, 0.2) is 18.2 Å². The van der Waals surface area contributed by atoms with E-state index in [4.69, 9.17) is 0 Å². The zero-order valence-electron chi connectivity index (χ0n) is 8.90. The van der Waals surface area contributed by atoms with Crippen molar-refractivity contribution in [2.75, 3.05) is 7.11 Å². The molecule has 5 nitrogen and oxygen atoms in total. The van der Waals surface area contributed by atoms with Crippen LogP contribution in [0, 0.1) is 27.8 Å². The fourth-order valence-corrected chi connectivity index (χ4v) is 1.02. The molecule has 1 aromatic rings. The molecule has 0 saturated carbocycles. The van der Waals surface area contributed by atoms with Gasteiger partial charge in [-0.25, -0.2) is 0 Å². The molecule has 0 aromatic heterocycles. The number of methoxy groups -OCH3 is 1. The molecule has 0 atom stereocenters. The molecule has 0 unspecified atom stereocenters. The topological polar surface area (TPSA) is 69.4 Å². The highest BCUT2D eigenvalue weighted by Gasteiger charge is 2.12. The third-order valence-electron chi connectivity index (χ3n) is 1.84. The third-order valence-corrected chi connectivity index (χ3v) is 1.84. The molecule has 0 heterocycles. The second-order valence-electron chi connectivity index (χ2n) is 2.98. The van der Waals surface area contributed by atoms with E-state index >= 15 is 0 Å². The molecule has 0 aliphatic heterocycles. The summed E-state index contributed by atoms with van der Waals surface area (Å²) in [6, 6.07) is 3.28. The molecule has 0 N–H and O–H groups in total. The lowest BCUT2D eigenvalue weighted by atomic mass is 10.2. The van der Waals surface area contributed by atoms with E-state index in [0.717, 1.165) is 12.1 Å². The van der Waals surface area contributed by atoms with Gasteiger partial charge in [-0.2, -0.15) is 4.39 Å². The first-order chi connectivity index (χ1) is 8.04. The Morgan fingerprint density at radius 1 is 1.59 bits per heavy atom. The van der Waals surface area contributed by atoms with E-state index < -0.39 is 22.4 Å². The molecule has 0 aliphatic carbocycles. The van der Waals surface area contributed by atoms with Gasteiger partial charge in [-0.15, -0.1) is 0 Å². The number of rotatable bonds is 2. The van der Waals surface area contributed by atoms with E-state index in [0.29, 0.717) is 0 Å². The summed E-state index contributed by atoms with van der Waals surface area (Å²) in [7, 11) is 1.23. The van der Waals surface area contributed by atoms with Crippen molar-refractivity contribution in [3.05, 3.63) is 39.7 Å². The maximum Gasteiger partial charge on any atom is 0.317 e. The van der Waals surface area contributed by atoms with Crippen LogP contribution in [0.4, 0.5) is 10.1 Å². The fraction of sp³-hybridized carbons (Fsp3) is 0.182. The largest absolute Gasteiger partial charge is 0.468 e. The molecule has 0 aliphatic rings. The predicted octanol–water partition coefficient (Wildman–Crippen LogP) is 1.65. The van der Waals surface area contributed by atoms with Crippen molar-refractivity contribution in [1.29, 1.82) is 0 Å². The van der Waals surface area contributed by atoms with Crippen molar-refractivity contribution in [3.8, 4) is 11.8 Å². The number of nitro benzene ring substituents is 1. The van der Waals surface area contributed by atoms with Crippen molar-refractivity contribution >= 4 is 11.7 Å². The van der Waals surface area contributed by atoms with Crippen LogP contribution in [0.25, 0.3) is 0 Å². The zero-order valence-corrected chi connectivity index (χ0v) is 8.90. The average molecular weight is 237 g/mol. The molecular formula is C11H8FNO4. The maximum absolute atomic E-state index is 13.2. The van der Waals surface area contributed by atoms with Gasteiger partial charge in [-0.3, -0.25) is 14.9 Å². The Bertz CT molecular complexity index is 516. The first-order valence-corrected chi connectivity index (χ1v) is 4.54. The molecule has 6 heteroatoms. The first-order valence-electron chi connectivity index (χ1n) is 4.54. The standard InChI is InChI=1S/C11H8FNO4/c1-17-11(14)4-2-3-8-5-6-10(13(15)16)9(12)7-8/h5-7H,4H2,1H3. The lowest BCUT2D eigenvalue weighted by Crippen LogP contribution is -1.97. The highest BCUT2D eigenvalue weighted by atomic mass is 19.1. The van der Waals surface area contributed by atoms with Crippen LogP contribution in [0.2, 0.25) is 0 Å². The van der Waals surface area contributed by atoms with Gasteiger partial charge in [0.1, 0.15) is 6.42 Å². The number of benzene rings is 1. The summed E-state index contributed by atoms with van der Waals surface area (Å²) in [5, 5.41) is 10.3. The number of hydrogen-bond donors (Lipinski definition) is 0. The van der Waals surface area contributed by atoms with E-state index in [-0.39, 0.29) is 12.0 Å². The fourth-order valence-electron chi connectivity index (χ4n) is 1.02. The normalized spacial score (nSPS) is 9.06. The van der Waals surface area contributed by atoms with Gasteiger partial charge in [-0.05, 0) is 12.1 Å². The smallest absolute Gasteiger partial charge is 0.317 e. The first kappa shape index (κ1) is 12.6. The molecule has 0 radical (unpaired) electrons. The lowest BCUT2D eigenvalue weighted by Gasteiger charge is -1.94. The van der Waals surface area contributed by atoms with Gasteiger partial charge in [0.2, 0.25) is 5.82 Å². The molecule has 0 spiro atoms. The van der Waals surface area contributed by atoms with Gasteiger partial charge in [0.05, 0.1) is 12.0 Å². The van der Waals surface area contributed by atoms with Gasteiger partial charge < -0.3 is 4.74 Å². The van der Waals surface area contributed by atoms with Crippen molar-refractivity contribution in [3.63, 3.8) is 0 Å². The molecular weight excluding hydrogens is 229 g/mol. The minimum absolute atomic E-state index is 0.116. The Morgan fingerprint density at radius 2 is 2.29 bits per heavy atom. The Balaban J connectivity index is 2.84. The van der Waals surface area contributed by atoms with Crippen LogP contribution in [0.5, 0.6) is 0 Å². The van der Waals surface area contributed by atoms with Gasteiger partial charge in [0.15, 0.2) is 0 Å². The van der Waals surface area contributed by atoms with Crippen LogP contribution in [0.3, 0.4) is 0 Å². The van der Waals surface area contributed by atoms with E-state index in [1.807, 2.05) is 0 Å². The van der Waals surface area contributed by atoms with Gasteiger partial charge in [0.25, 0.3) is 0 Å². The minimum Gasteiger partial charge on any atom is -0.468 e. The number of carbonyl (C=O) groups excluding carboxylic acids is 1. The monoisotopic (exact) mass is 237 g/mol. The van der Waals surface area contributed by atoms with Crippen molar-refractivity contribution in [1.82, 2.24) is 0 Å². The molecule has 1 aromatic carbocycles. The summed E-state index contributed by atoms with van der Waals surface area (Å²) < 4.78 is 17.5. The number of carbonyl (C=O) groups is 1. The lowest BCUT2D eigenvalue weighted by molar-refractivity contribution is -0.387. The third kappa shape index (κ3) is 3.57. The summed E-state index contributed by atoms with van der Waals surface area (Å²) in [5.41, 5.74) is -0.347. The summed E-state index contributed by atoms with van der Waals surface area (Å²) >= 11 is 0. The quantitative estimate of drug-likeness (QED) is 0.339. The number of hydrogen-bond acceptors (Lipinski definition) is 4. The second kappa shape index (κ2) is 5.61. The number of halogens is 1. The molecule has 0 saturated heterocycles. The molecule has 17 heavy (non-hydrogen) atoms. The number of esters is 1. The van der Waals surface area contributed by atoms with Gasteiger partial charge >= 0.3 is 11.7 Å². The summed E-state index contributed by atoms with van der Waals surface area (Å²) in [6.45, 7) is 0. The van der Waals surface area contributed by atoms with Crippen LogP contribution in [-0.4, -0.2) is 18.0 Å². The second-order valence-corrected chi connectivity index (χ2v) is 2.98. The molecule has 1 rings (SSSR count). The predicted molar refractivity (Wildman–Crippen MR) is 56.6 cm³/mol. The van der Waals surface area contributed by atoms with Gasteiger partial charge in [0, 0.05) is 11.6 Å². The Morgan fingerprint density at radius 3 is 2.82 bits per heavy atom. The molecule has 0 bridgehead atoms. The highest BCUT2D eigenvalue weighted by molar-refractivity contribution is 5.72. The summed E-state index contributed by atoms with van der Waals surface area (Å²) in [6.07, 6.45) is -0.116. The van der Waals surface area contributed by atoms with Gasteiger partial charge in [-0.1, -0.05) is 11.8 Å². The number of nitro groups is 1. The van der Waals surface area contributed by atoms with E-state index in [9.17, 15) is 19.3 Å². The van der Waals surface area contributed by atoms with Crippen molar-refractivity contribution in [2.45, 2.75) is 6.42 Å². The van der Waals surface area contributed by atoms with E-state index in [1.54, 1.807) is 0 Å². The average Bonchev–Trinajstić information content (AvgIpc) is 2.28. The molecule has 0 amide bonds. The van der Waals surface area contributed by atoms with Crippen LogP contribution in [-0.2, 0) is 9.53 Å². The summed E-state index contributed by atoms with van der Waals surface area (Å²) in [5.74, 6) is 3.51. The SMILES string of the molecule is COC(=O)CC#Cc1ccc([N+](=O)[O-])c(F)c1. The summed E-state index contributed by atoms with van der Waals surface area (Å²) in [4.78, 5) is 20.2. The number of ether oxygens (including phenoxy) is 1. The Hall–Kier alpha value is -2.42. The zero-order chi connectivity index (χ0) is 12.8.